The fourth-order valence-electron chi connectivity index (χ4n) is 4.17. The van der Waals surface area contributed by atoms with Crippen molar-refractivity contribution in [2.75, 3.05) is 17.7 Å². The van der Waals surface area contributed by atoms with Crippen molar-refractivity contribution in [2.45, 2.75) is 72.4 Å². The van der Waals surface area contributed by atoms with Crippen LogP contribution >= 0.6 is 7.26 Å². The molecule has 0 spiro atoms. The zero-order valence-electron chi connectivity index (χ0n) is 19.1. The third-order valence-electron chi connectivity index (χ3n) is 5.64. The van der Waals surface area contributed by atoms with Gasteiger partial charge in [0.25, 0.3) is 5.91 Å². The van der Waals surface area contributed by atoms with E-state index in [1.54, 1.807) is 25.1 Å². The molecule has 0 radical (unpaired) electrons. The lowest BCUT2D eigenvalue weighted by Gasteiger charge is -2.38. The molecule has 5 nitrogen and oxygen atoms in total. The largest absolute Gasteiger partial charge is 0.449 e. The third kappa shape index (κ3) is 5.56. The first-order valence-corrected chi connectivity index (χ1v) is 12.4. The number of carbonyl (C=O) groups is 2. The minimum Gasteiger partial charge on any atom is -0.449 e. The molecule has 0 fully saturated rings. The van der Waals surface area contributed by atoms with Crippen molar-refractivity contribution < 1.29 is 14.3 Å². The van der Waals surface area contributed by atoms with Crippen molar-refractivity contribution in [2.24, 2.45) is 0 Å². The van der Waals surface area contributed by atoms with Gasteiger partial charge in [0.1, 0.15) is 5.57 Å². The van der Waals surface area contributed by atoms with Crippen LogP contribution < -0.4 is 4.90 Å². The first-order valence-electron chi connectivity index (χ1n) is 10.3. The lowest BCUT2D eigenvalue weighted by atomic mass is 10.2. The van der Waals surface area contributed by atoms with Crippen LogP contribution in [0.3, 0.4) is 0 Å². The lowest BCUT2D eigenvalue weighted by molar-refractivity contribution is -0.114. The van der Waals surface area contributed by atoms with Crippen LogP contribution in [0.15, 0.2) is 29.8 Å². The number of rotatable bonds is 8. The Morgan fingerprint density at radius 1 is 1.10 bits per heavy atom. The molecular weight excluding hydrogens is 383 g/mol. The Morgan fingerprint density at radius 3 is 2.07 bits per heavy atom. The monoisotopic (exact) mass is 419 g/mol. The Balaban J connectivity index is 3.45. The quantitative estimate of drug-likeness (QED) is 0.324. The molecule has 1 aromatic carbocycles. The molecule has 0 saturated carbocycles. The van der Waals surface area contributed by atoms with Gasteiger partial charge in [0, 0.05) is 7.26 Å². The zero-order chi connectivity index (χ0) is 22.4. The summed E-state index contributed by atoms with van der Waals surface area (Å²) in [6, 6.07) is 7.17. The van der Waals surface area contributed by atoms with Gasteiger partial charge in [-0.05, 0) is 79.0 Å². The van der Waals surface area contributed by atoms with Crippen molar-refractivity contribution in [1.82, 2.24) is 0 Å². The summed E-state index contributed by atoms with van der Waals surface area (Å²) in [5.74, 6) is 1.86. The van der Waals surface area contributed by atoms with E-state index in [1.165, 1.54) is 0 Å². The predicted molar refractivity (Wildman–Crippen MR) is 124 cm³/mol. The normalized spacial score (nSPS) is 11.6. The fourth-order valence-corrected chi connectivity index (χ4v) is 9.60. The summed E-state index contributed by atoms with van der Waals surface area (Å²) < 4.78 is 5.16. The van der Waals surface area contributed by atoms with E-state index in [9.17, 15) is 9.59 Å². The topological polar surface area (TPSA) is 70.5 Å². The number of ether oxygens (including phenoxy) is 1. The Hall–Kier alpha value is -1.96. The minimum atomic E-state index is -1.64. The minimum absolute atomic E-state index is 0.166. The van der Waals surface area contributed by atoms with Crippen molar-refractivity contribution in [1.29, 1.82) is 5.41 Å². The molecule has 0 aliphatic rings. The molecule has 0 saturated heterocycles. The fraction of sp³-hybridized carbons (Fsp3) is 0.565. The summed E-state index contributed by atoms with van der Waals surface area (Å²) in [5.41, 5.74) is 2.81. The molecule has 1 aromatic rings. The van der Waals surface area contributed by atoms with E-state index in [0.29, 0.717) is 28.8 Å². The summed E-state index contributed by atoms with van der Waals surface area (Å²) in [7, 11) is -1.64. The second kappa shape index (κ2) is 10.7. The van der Waals surface area contributed by atoms with Crippen molar-refractivity contribution in [3.05, 3.63) is 35.4 Å². The van der Waals surface area contributed by atoms with E-state index in [0.717, 1.165) is 10.5 Å². The maximum absolute atomic E-state index is 13.5. The summed E-state index contributed by atoms with van der Waals surface area (Å²) in [5, 5.41) is 7.87. The molecule has 0 unspecified atom stereocenters. The first kappa shape index (κ1) is 25.1. The highest BCUT2D eigenvalue weighted by Gasteiger charge is 2.49. The van der Waals surface area contributed by atoms with E-state index < -0.39 is 19.3 Å². The Bertz CT molecular complexity index is 758. The highest BCUT2D eigenvalue weighted by Crippen LogP contribution is 2.70. The Labute approximate surface area is 176 Å². The van der Waals surface area contributed by atoms with Crippen LogP contribution in [0.4, 0.5) is 10.5 Å². The molecule has 0 aromatic heterocycles. The predicted octanol–water partition coefficient (Wildman–Crippen LogP) is 5.90. The van der Waals surface area contributed by atoms with Gasteiger partial charge in [-0.25, -0.2) is 9.69 Å². The number of hydrogen-bond acceptors (Lipinski definition) is 4. The summed E-state index contributed by atoms with van der Waals surface area (Å²) in [6.07, 6.45) is -0.234. The molecular formula is C23H36N2O3P+. The second-order valence-electron chi connectivity index (χ2n) is 8.22. The van der Waals surface area contributed by atoms with Crippen molar-refractivity contribution in [3.63, 3.8) is 0 Å². The van der Waals surface area contributed by atoms with Crippen LogP contribution in [0.2, 0.25) is 0 Å². The maximum atomic E-state index is 13.5. The second-order valence-corrected chi connectivity index (χ2v) is 13.6. The highest BCUT2D eigenvalue weighted by molar-refractivity contribution is 7.78. The Kier molecular flexibility index (Phi) is 9.26. The summed E-state index contributed by atoms with van der Waals surface area (Å²) in [6.45, 7) is 17.0. The van der Waals surface area contributed by atoms with Crippen molar-refractivity contribution >= 4 is 30.8 Å². The molecule has 0 aliphatic heterocycles. The van der Waals surface area contributed by atoms with Gasteiger partial charge in [0.05, 0.1) is 35.4 Å². The number of nitrogens with zero attached hydrogens (tertiary/aromatic N) is 1. The number of benzene rings is 1. The van der Waals surface area contributed by atoms with Gasteiger partial charge < -0.3 is 4.74 Å². The van der Waals surface area contributed by atoms with Gasteiger partial charge in [-0.15, -0.1) is 0 Å². The Morgan fingerprint density at radius 2 is 1.66 bits per heavy atom. The van der Waals surface area contributed by atoms with Crippen LogP contribution in [0.25, 0.3) is 0 Å². The van der Waals surface area contributed by atoms with Crippen LogP contribution in [0.5, 0.6) is 0 Å². The zero-order valence-corrected chi connectivity index (χ0v) is 20.0. The number of nitrogens with one attached hydrogen (secondary N) is 1. The lowest BCUT2D eigenvalue weighted by Crippen LogP contribution is -2.40. The van der Waals surface area contributed by atoms with Gasteiger partial charge in [-0.3, -0.25) is 10.2 Å². The molecule has 2 amide bonds. The standard InChI is InChI=1S/C23H36N2O3P/c1-9-28-23(27)25(21-12-10-11-19(8)13-21)22(26)20(14-24)15-29(16(2)3,17(4)5)18(6)7/h10-13,16-18,24H,9,15H2,1-8H3/q+1. The average molecular weight is 420 g/mol. The first-order chi connectivity index (χ1) is 13.5. The highest BCUT2D eigenvalue weighted by atomic mass is 31.2. The molecule has 1 rings (SSSR count). The molecule has 29 heavy (non-hydrogen) atoms. The number of imide groups is 1. The van der Waals surface area contributed by atoms with Crippen LogP contribution in [-0.4, -0.2) is 47.6 Å². The maximum Gasteiger partial charge on any atom is 0.421 e. The third-order valence-corrected chi connectivity index (χ3v) is 12.3. The van der Waals surface area contributed by atoms with E-state index in [4.69, 9.17) is 10.1 Å². The van der Waals surface area contributed by atoms with Gasteiger partial charge in [0.15, 0.2) is 0 Å². The number of hydrogen-bond donors (Lipinski definition) is 1. The molecule has 160 valence electrons. The van der Waals surface area contributed by atoms with Crippen LogP contribution in [0, 0.1) is 12.3 Å². The number of carbonyl (C=O) groups excluding carboxylic acids is 2. The van der Waals surface area contributed by atoms with E-state index in [1.807, 2.05) is 13.0 Å². The van der Waals surface area contributed by atoms with Crippen LogP contribution in [0.1, 0.15) is 54.0 Å². The molecule has 0 bridgehead atoms. The van der Waals surface area contributed by atoms with E-state index in [2.05, 4.69) is 47.4 Å². The summed E-state index contributed by atoms with van der Waals surface area (Å²) in [4.78, 5) is 27.2. The van der Waals surface area contributed by atoms with Crippen LogP contribution in [-0.2, 0) is 9.53 Å². The smallest absolute Gasteiger partial charge is 0.421 e. The SMILES string of the molecule is CCOC(=O)N(C(=O)C(=C=N)C[P+](C(C)C)(C(C)C)C(C)C)c1cccc(C)c1. The summed E-state index contributed by atoms with van der Waals surface area (Å²) >= 11 is 0. The van der Waals surface area contributed by atoms with Gasteiger partial charge in [-0.2, -0.15) is 0 Å². The number of anilines is 1. The van der Waals surface area contributed by atoms with Gasteiger partial charge in [0.2, 0.25) is 0 Å². The molecule has 0 heterocycles. The molecule has 0 atom stereocenters. The van der Waals surface area contributed by atoms with Gasteiger partial charge in [-0.1, -0.05) is 12.1 Å². The number of amides is 2. The van der Waals surface area contributed by atoms with E-state index in [-0.39, 0.29) is 12.2 Å². The molecule has 0 aliphatic carbocycles. The number of aryl methyl sites for hydroxylation is 1. The van der Waals surface area contributed by atoms with E-state index >= 15 is 0 Å². The van der Waals surface area contributed by atoms with Crippen molar-refractivity contribution in [3.8, 4) is 0 Å². The molecule has 1 N–H and O–H groups in total. The molecule has 6 heteroatoms. The van der Waals surface area contributed by atoms with Gasteiger partial charge >= 0.3 is 6.09 Å². The average Bonchev–Trinajstić information content (AvgIpc) is 2.62.